The summed E-state index contributed by atoms with van der Waals surface area (Å²) in [6, 6.07) is 8.60. The van der Waals surface area contributed by atoms with Crippen molar-refractivity contribution in [3.63, 3.8) is 0 Å². The second-order valence-electron chi connectivity index (χ2n) is 6.53. The van der Waals surface area contributed by atoms with E-state index in [-0.39, 0.29) is 5.91 Å². The first kappa shape index (κ1) is 15.3. The number of carbonyl (C=O) groups is 1. The van der Waals surface area contributed by atoms with E-state index in [1.54, 1.807) is 18.9 Å². The van der Waals surface area contributed by atoms with Gasteiger partial charge in [0, 0.05) is 38.8 Å². The third-order valence-electron chi connectivity index (χ3n) is 5.11. The smallest absolute Gasteiger partial charge is 0.223 e. The topological polar surface area (TPSA) is 32.8 Å². The molecule has 1 aromatic carbocycles. The molecule has 0 spiro atoms. The van der Waals surface area contributed by atoms with Crippen molar-refractivity contribution >= 4 is 11.6 Å². The minimum atomic E-state index is 0.0356. The van der Waals surface area contributed by atoms with Crippen molar-refractivity contribution in [1.29, 1.82) is 0 Å². The van der Waals surface area contributed by atoms with Gasteiger partial charge in [-0.3, -0.25) is 9.69 Å². The summed E-state index contributed by atoms with van der Waals surface area (Å²) in [7, 11) is 1.78. The number of hydrogen-bond acceptors (Lipinski definition) is 3. The number of hydrogen-bond donors (Lipinski definition) is 0. The number of carbonyl (C=O) groups excluding carboxylic acids is 1. The van der Waals surface area contributed by atoms with Crippen LogP contribution in [0.2, 0.25) is 0 Å². The van der Waals surface area contributed by atoms with Gasteiger partial charge in [0.15, 0.2) is 0 Å². The molecule has 120 valence electrons. The lowest BCUT2D eigenvalue weighted by Gasteiger charge is -2.44. The van der Waals surface area contributed by atoms with Gasteiger partial charge in [-0.05, 0) is 49.4 Å². The first-order valence-electron chi connectivity index (χ1n) is 8.36. The van der Waals surface area contributed by atoms with E-state index in [9.17, 15) is 4.79 Å². The Hall–Kier alpha value is -1.55. The molecule has 1 saturated carbocycles. The van der Waals surface area contributed by atoms with E-state index in [0.717, 1.165) is 43.0 Å². The van der Waals surface area contributed by atoms with E-state index >= 15 is 0 Å². The summed E-state index contributed by atoms with van der Waals surface area (Å²) in [6.07, 6.45) is 5.34. The molecule has 1 heterocycles. The van der Waals surface area contributed by atoms with Crippen LogP contribution in [-0.2, 0) is 4.79 Å². The van der Waals surface area contributed by atoms with E-state index in [2.05, 4.69) is 4.90 Å². The number of likely N-dealkylation sites (tertiary alicyclic amines) is 1. The molecule has 2 atom stereocenters. The molecule has 4 heteroatoms. The molecule has 1 aliphatic carbocycles. The molecular formula is C18H26N2O2. The second kappa shape index (κ2) is 6.69. The summed E-state index contributed by atoms with van der Waals surface area (Å²) in [5.41, 5.74) is 0.896. The third-order valence-corrected chi connectivity index (χ3v) is 5.11. The Balaban J connectivity index is 1.38. The Labute approximate surface area is 133 Å². The Morgan fingerprint density at radius 2 is 2.09 bits per heavy atom. The maximum Gasteiger partial charge on any atom is 0.223 e. The predicted octanol–water partition coefficient (Wildman–Crippen LogP) is 2.92. The molecule has 1 saturated heterocycles. The average Bonchev–Trinajstić information content (AvgIpc) is 2.88. The molecular weight excluding hydrogens is 276 g/mol. The van der Waals surface area contributed by atoms with Gasteiger partial charge in [0.25, 0.3) is 0 Å². The fourth-order valence-corrected chi connectivity index (χ4v) is 3.67. The molecule has 0 unspecified atom stereocenters. The van der Waals surface area contributed by atoms with Crippen LogP contribution in [0.4, 0.5) is 5.69 Å². The maximum atomic E-state index is 11.3. The molecule has 22 heavy (non-hydrogen) atoms. The normalized spacial score (nSPS) is 23.7. The van der Waals surface area contributed by atoms with Gasteiger partial charge in [-0.15, -0.1) is 0 Å². The quantitative estimate of drug-likeness (QED) is 0.758. The summed E-state index contributed by atoms with van der Waals surface area (Å²) < 4.78 is 5.80. The Bertz CT molecular complexity index is 514. The predicted molar refractivity (Wildman–Crippen MR) is 88.3 cm³/mol. The number of ether oxygens (including phenoxy) is 1. The second-order valence-corrected chi connectivity index (χ2v) is 6.53. The summed E-state index contributed by atoms with van der Waals surface area (Å²) in [4.78, 5) is 15.6. The van der Waals surface area contributed by atoms with E-state index in [4.69, 9.17) is 4.74 Å². The molecule has 1 amide bonds. The van der Waals surface area contributed by atoms with Gasteiger partial charge in [-0.25, -0.2) is 0 Å². The van der Waals surface area contributed by atoms with Crippen LogP contribution in [0.3, 0.4) is 0 Å². The van der Waals surface area contributed by atoms with E-state index in [1.165, 1.54) is 25.8 Å². The van der Waals surface area contributed by atoms with Crippen LogP contribution in [-0.4, -0.2) is 43.6 Å². The molecule has 1 aromatic rings. The first-order valence-corrected chi connectivity index (χ1v) is 8.36. The fraction of sp³-hybridized carbons (Fsp3) is 0.611. The lowest BCUT2D eigenvalue weighted by molar-refractivity contribution is -0.116. The monoisotopic (exact) mass is 302 g/mol. The molecule has 0 N–H and O–H groups in total. The number of fused-ring (bicyclic) bond motifs is 1. The minimum Gasteiger partial charge on any atom is -0.494 e. The van der Waals surface area contributed by atoms with E-state index in [0.29, 0.717) is 0 Å². The number of nitrogens with zero attached hydrogens (tertiary/aromatic N) is 2. The highest BCUT2D eigenvalue weighted by Crippen LogP contribution is 2.38. The molecule has 2 aliphatic rings. The van der Waals surface area contributed by atoms with Crippen LogP contribution in [0.25, 0.3) is 0 Å². The average molecular weight is 302 g/mol. The van der Waals surface area contributed by atoms with Crippen LogP contribution in [0.5, 0.6) is 5.75 Å². The van der Waals surface area contributed by atoms with Gasteiger partial charge in [-0.1, -0.05) is 6.42 Å². The van der Waals surface area contributed by atoms with Crippen molar-refractivity contribution < 1.29 is 9.53 Å². The van der Waals surface area contributed by atoms with Crippen molar-refractivity contribution in [2.24, 2.45) is 5.92 Å². The van der Waals surface area contributed by atoms with Crippen molar-refractivity contribution in [1.82, 2.24) is 4.90 Å². The standard InChI is InChI=1S/C18H26N2O2/c1-14(21)19(2)16-7-9-17(10-8-16)22-12-4-11-20-13-15-5-3-6-18(15)20/h7-10,15,18H,3-6,11-13H2,1-2H3/t15-,18-/m1/s1. The van der Waals surface area contributed by atoms with Gasteiger partial charge in [0.1, 0.15) is 5.75 Å². The molecule has 1 aliphatic heterocycles. The van der Waals surface area contributed by atoms with Crippen LogP contribution in [0.15, 0.2) is 24.3 Å². The summed E-state index contributed by atoms with van der Waals surface area (Å²) >= 11 is 0. The van der Waals surface area contributed by atoms with Crippen molar-refractivity contribution in [3.8, 4) is 5.75 Å². The number of anilines is 1. The summed E-state index contributed by atoms with van der Waals surface area (Å²) in [6.45, 7) is 4.79. The van der Waals surface area contributed by atoms with Crippen LogP contribution in [0.1, 0.15) is 32.6 Å². The van der Waals surface area contributed by atoms with Crippen LogP contribution >= 0.6 is 0 Å². The lowest BCUT2D eigenvalue weighted by Crippen LogP contribution is -2.53. The summed E-state index contributed by atoms with van der Waals surface area (Å²) in [5.74, 6) is 1.91. The zero-order valence-corrected chi connectivity index (χ0v) is 13.6. The zero-order valence-electron chi connectivity index (χ0n) is 13.6. The minimum absolute atomic E-state index is 0.0356. The number of rotatable bonds is 6. The molecule has 0 bridgehead atoms. The first-order chi connectivity index (χ1) is 10.6. The van der Waals surface area contributed by atoms with Gasteiger partial charge in [0.2, 0.25) is 5.91 Å². The van der Waals surface area contributed by atoms with Gasteiger partial charge < -0.3 is 9.64 Å². The zero-order chi connectivity index (χ0) is 15.5. The maximum absolute atomic E-state index is 11.3. The lowest BCUT2D eigenvalue weighted by atomic mass is 9.92. The third kappa shape index (κ3) is 3.27. The SMILES string of the molecule is CC(=O)N(C)c1ccc(OCCCN2C[C@H]3CCC[C@H]32)cc1. The molecule has 0 aromatic heterocycles. The largest absolute Gasteiger partial charge is 0.494 e. The van der Waals surface area contributed by atoms with Crippen molar-refractivity contribution in [3.05, 3.63) is 24.3 Å². The highest BCUT2D eigenvalue weighted by Gasteiger charge is 2.41. The van der Waals surface area contributed by atoms with Crippen LogP contribution < -0.4 is 9.64 Å². The molecule has 0 radical (unpaired) electrons. The van der Waals surface area contributed by atoms with E-state index < -0.39 is 0 Å². The van der Waals surface area contributed by atoms with E-state index in [1.807, 2.05) is 24.3 Å². The summed E-state index contributed by atoms with van der Waals surface area (Å²) in [5, 5.41) is 0. The Morgan fingerprint density at radius 1 is 1.32 bits per heavy atom. The van der Waals surface area contributed by atoms with Gasteiger partial charge in [-0.2, -0.15) is 0 Å². The highest BCUT2D eigenvalue weighted by atomic mass is 16.5. The van der Waals surface area contributed by atoms with Crippen molar-refractivity contribution in [2.75, 3.05) is 31.6 Å². The fourth-order valence-electron chi connectivity index (χ4n) is 3.67. The molecule has 4 nitrogen and oxygen atoms in total. The number of amides is 1. The number of benzene rings is 1. The van der Waals surface area contributed by atoms with Gasteiger partial charge in [0.05, 0.1) is 6.61 Å². The van der Waals surface area contributed by atoms with Crippen LogP contribution in [0, 0.1) is 5.92 Å². The van der Waals surface area contributed by atoms with Gasteiger partial charge >= 0.3 is 0 Å². The van der Waals surface area contributed by atoms with Crippen molar-refractivity contribution in [2.45, 2.75) is 38.6 Å². The molecule has 2 fully saturated rings. The molecule has 3 rings (SSSR count). The Kier molecular flexibility index (Phi) is 4.67. The Morgan fingerprint density at radius 3 is 2.77 bits per heavy atom. The highest BCUT2D eigenvalue weighted by molar-refractivity contribution is 5.90.